The van der Waals surface area contributed by atoms with E-state index in [1.165, 1.54) is 17.8 Å². The molecule has 0 saturated carbocycles. The number of ether oxygens (including phenoxy) is 1. The molecule has 0 radical (unpaired) electrons. The summed E-state index contributed by atoms with van der Waals surface area (Å²) < 4.78 is 36.6. The zero-order valence-electron chi connectivity index (χ0n) is 24.0. The molecular formula is C29H39Cl2FN3O2S2+. The second-order valence-electron chi connectivity index (χ2n) is 11.3. The van der Waals surface area contributed by atoms with E-state index in [4.69, 9.17) is 27.9 Å². The summed E-state index contributed by atoms with van der Waals surface area (Å²) in [6.07, 6.45) is 1.83. The Kier molecular flexibility index (Phi) is 9.94. The Morgan fingerprint density at radius 3 is 2.44 bits per heavy atom. The van der Waals surface area contributed by atoms with Crippen LogP contribution in [-0.2, 0) is 20.9 Å². The summed E-state index contributed by atoms with van der Waals surface area (Å²) in [6.45, 7) is 9.42. The van der Waals surface area contributed by atoms with E-state index >= 15 is 4.39 Å². The van der Waals surface area contributed by atoms with Crippen LogP contribution < -0.4 is 4.74 Å². The fourth-order valence-electron chi connectivity index (χ4n) is 4.04. The average molecular weight is 616 g/mol. The fraction of sp³-hybridized carbons (Fsp3) is 0.448. The van der Waals surface area contributed by atoms with Crippen molar-refractivity contribution in [2.45, 2.75) is 49.8 Å². The molecule has 1 aliphatic rings. The highest BCUT2D eigenvalue weighted by Crippen LogP contribution is 2.36. The number of rotatable bonds is 9. The van der Waals surface area contributed by atoms with E-state index in [9.17, 15) is 4.21 Å². The van der Waals surface area contributed by atoms with E-state index in [1.807, 2.05) is 42.6 Å². The van der Waals surface area contributed by atoms with Gasteiger partial charge in [-0.1, -0.05) is 43.1 Å². The molecule has 214 valence electrons. The van der Waals surface area contributed by atoms with Gasteiger partial charge >= 0.3 is 0 Å². The number of aliphatic imine (C=N–C) groups is 1. The Hall–Kier alpha value is -1.55. The number of likely N-dealkylation sites (N-methyl/N-ethyl adjacent to an activating group) is 1. The lowest BCUT2D eigenvalue weighted by Gasteiger charge is -2.47. The van der Waals surface area contributed by atoms with Gasteiger partial charge in [-0.2, -0.15) is 0 Å². The molecule has 1 atom stereocenters. The van der Waals surface area contributed by atoms with Crippen LogP contribution in [0.5, 0.6) is 5.75 Å². The van der Waals surface area contributed by atoms with Crippen LogP contribution >= 0.6 is 35.0 Å². The van der Waals surface area contributed by atoms with Gasteiger partial charge in [0.05, 0.1) is 61.1 Å². The molecule has 0 spiro atoms. The molecule has 1 unspecified atom stereocenters. The molecule has 1 saturated heterocycles. The van der Waals surface area contributed by atoms with Crippen molar-refractivity contribution in [3.8, 4) is 5.75 Å². The van der Waals surface area contributed by atoms with E-state index in [1.54, 1.807) is 13.2 Å². The molecule has 1 heterocycles. The van der Waals surface area contributed by atoms with Crippen molar-refractivity contribution in [2.75, 3.05) is 41.3 Å². The minimum Gasteiger partial charge on any atom is -0.495 e. The van der Waals surface area contributed by atoms with Crippen molar-refractivity contribution in [3.63, 3.8) is 0 Å². The van der Waals surface area contributed by atoms with Crippen molar-refractivity contribution in [3.05, 3.63) is 69.1 Å². The smallest absolute Gasteiger partial charge is 0.137 e. The van der Waals surface area contributed by atoms with Gasteiger partial charge < -0.3 is 9.22 Å². The van der Waals surface area contributed by atoms with Gasteiger partial charge in [-0.25, -0.2) is 12.9 Å². The minimum absolute atomic E-state index is 0.245. The molecule has 3 rings (SSSR count). The molecule has 2 aromatic carbocycles. The third kappa shape index (κ3) is 7.21. The highest BCUT2D eigenvalue weighted by Gasteiger charge is 2.41. The Bertz CT molecular complexity index is 1370. The number of halogens is 3. The summed E-state index contributed by atoms with van der Waals surface area (Å²) in [4.78, 5) is 4.93. The van der Waals surface area contributed by atoms with Crippen molar-refractivity contribution in [1.29, 1.82) is 0 Å². The number of hydrogen-bond acceptors (Lipinski definition) is 4. The van der Waals surface area contributed by atoms with Crippen LogP contribution in [0.3, 0.4) is 0 Å². The number of nitrogens with zero attached hydrogens (tertiary/aromatic N) is 3. The maximum absolute atomic E-state index is 15.1. The van der Waals surface area contributed by atoms with Gasteiger partial charge in [0.2, 0.25) is 0 Å². The van der Waals surface area contributed by atoms with Crippen LogP contribution in [0.1, 0.15) is 38.8 Å². The molecule has 0 N–H and O–H groups in total. The van der Waals surface area contributed by atoms with Crippen molar-refractivity contribution >= 4 is 55.6 Å². The quantitative estimate of drug-likeness (QED) is 0.131. The molecule has 10 heteroatoms. The Labute approximate surface area is 247 Å². The normalized spacial score (nSPS) is 17.6. The largest absolute Gasteiger partial charge is 0.495 e. The van der Waals surface area contributed by atoms with Crippen LogP contribution in [0.4, 0.5) is 4.39 Å². The van der Waals surface area contributed by atoms with Crippen molar-refractivity contribution in [2.24, 2.45) is 4.99 Å². The van der Waals surface area contributed by atoms with E-state index in [2.05, 4.69) is 45.9 Å². The molecular weight excluding hydrogens is 576 g/mol. The predicted octanol–water partition coefficient (Wildman–Crippen LogP) is 7.06. The summed E-state index contributed by atoms with van der Waals surface area (Å²) in [5.41, 5.74) is 2.16. The lowest BCUT2D eigenvalue weighted by molar-refractivity contribution is -0.900. The first-order valence-electron chi connectivity index (χ1n) is 12.6. The molecule has 5 nitrogen and oxygen atoms in total. The van der Waals surface area contributed by atoms with Crippen molar-refractivity contribution < 1.29 is 17.8 Å². The first kappa shape index (κ1) is 32.0. The highest BCUT2D eigenvalue weighted by atomic mass is 35.5. The summed E-state index contributed by atoms with van der Waals surface area (Å²) in [6, 6.07) is 9.02. The average Bonchev–Trinajstić information content (AvgIpc) is 2.79. The molecule has 39 heavy (non-hydrogen) atoms. The molecule has 1 aliphatic heterocycles. The van der Waals surface area contributed by atoms with Gasteiger partial charge in [0.25, 0.3) is 0 Å². The minimum atomic E-state index is -2.81. The third-order valence-electron chi connectivity index (χ3n) is 7.55. The highest BCUT2D eigenvalue weighted by molar-refractivity contribution is 8.13. The number of allylic oxidation sites excluding steroid dienone is 1. The zero-order chi connectivity index (χ0) is 29.3. The van der Waals surface area contributed by atoms with E-state index < -0.39 is 15.5 Å². The summed E-state index contributed by atoms with van der Waals surface area (Å²) in [5.74, 6) is 4.38. The first-order valence-corrected chi connectivity index (χ1v) is 16.0. The Balaban J connectivity index is 1.70. The van der Waals surface area contributed by atoms with Gasteiger partial charge in [0, 0.05) is 32.8 Å². The van der Waals surface area contributed by atoms with Crippen LogP contribution in [0.25, 0.3) is 0 Å². The lowest BCUT2D eigenvalue weighted by atomic mass is 9.78. The third-order valence-corrected chi connectivity index (χ3v) is 11.3. The van der Waals surface area contributed by atoms with E-state index in [0.29, 0.717) is 46.1 Å². The summed E-state index contributed by atoms with van der Waals surface area (Å²) in [7, 11) is 5.11. The van der Waals surface area contributed by atoms with Crippen molar-refractivity contribution in [1.82, 2.24) is 4.31 Å². The number of thioether (sulfide) groups is 1. The second kappa shape index (κ2) is 12.1. The van der Waals surface area contributed by atoms with Gasteiger partial charge in [-0.3, -0.25) is 4.99 Å². The Morgan fingerprint density at radius 2 is 1.87 bits per heavy atom. The number of methoxy groups -OCH3 is 1. The van der Waals surface area contributed by atoms with E-state index in [0.717, 1.165) is 20.7 Å². The fourth-order valence-corrected chi connectivity index (χ4v) is 7.14. The second-order valence-corrected chi connectivity index (χ2v) is 15.6. The monoisotopic (exact) mass is 614 g/mol. The summed E-state index contributed by atoms with van der Waals surface area (Å²) >= 11 is 14.1. The van der Waals surface area contributed by atoms with Crippen LogP contribution in [0.15, 0.2) is 52.0 Å². The number of hydrogen-bond donors (Lipinski definition) is 0. The topological polar surface area (TPSA) is 41.9 Å². The lowest BCUT2D eigenvalue weighted by Crippen LogP contribution is -2.65. The molecule has 0 amide bonds. The standard InChI is InChI=1S/C29H39Cl2FN3O2S2/c1-19(29(3,4)21-10-11-25(30)28(12-21)37-8)15-33-20(2)38-18-24-26(31)13-23(14-27(24)32)39(9,36)34-16-22(17-34)35(5,6)7/h10-15,22H,9,16-18H2,1-8H3/q+1/b19-15+,33-20?. The SMILES string of the molecule is C=S(=O)(c1cc(F)c(CSC(C)=N/C=C(\C)C(C)(C)c2ccc(Cl)c(OC)c2)c(Cl)c1)N1CC([N+](C)(C)C)C1. The predicted molar refractivity (Wildman–Crippen MR) is 168 cm³/mol. The maximum Gasteiger partial charge on any atom is 0.137 e. The van der Waals surface area contributed by atoms with Gasteiger partial charge in [-0.05, 0) is 55.1 Å². The number of quaternary nitrogens is 1. The molecule has 0 bridgehead atoms. The number of benzene rings is 2. The first-order chi connectivity index (χ1) is 18.0. The summed E-state index contributed by atoms with van der Waals surface area (Å²) in [5, 5.41) is 1.58. The molecule has 0 aliphatic carbocycles. The Morgan fingerprint density at radius 1 is 1.23 bits per heavy atom. The maximum atomic E-state index is 15.1. The zero-order valence-corrected chi connectivity index (χ0v) is 27.1. The van der Waals surface area contributed by atoms with Gasteiger partial charge in [0.15, 0.2) is 0 Å². The van der Waals surface area contributed by atoms with E-state index in [-0.39, 0.29) is 10.4 Å². The van der Waals surface area contributed by atoms with Crippen LogP contribution in [0.2, 0.25) is 10.0 Å². The van der Waals surface area contributed by atoms with Gasteiger partial charge in [-0.15, -0.1) is 11.8 Å². The molecule has 0 aromatic heterocycles. The van der Waals surface area contributed by atoms with Crippen LogP contribution in [0, 0.1) is 5.82 Å². The molecule has 2 aromatic rings. The van der Waals surface area contributed by atoms with Gasteiger partial charge in [0.1, 0.15) is 17.6 Å². The van der Waals surface area contributed by atoms with Crippen LogP contribution in [-0.4, -0.2) is 71.3 Å². The molecule has 1 fully saturated rings.